The van der Waals surface area contributed by atoms with E-state index in [1.165, 1.54) is 5.56 Å². The standard InChI is InChI=1S/C21H23Cl2N3O/c1-13-11-21(2,3)26(4)19-10-18(23)15(9-17(13)19)12-24-25-20(27)14-6-5-7-16(22)8-14/h5-10,12-13H,11H2,1-4H3,(H,25,27)/b24-12+. The lowest BCUT2D eigenvalue weighted by Gasteiger charge is -2.45. The molecule has 3 rings (SSSR count). The normalized spacial score (nSPS) is 18.4. The van der Waals surface area contributed by atoms with Crippen molar-refractivity contribution in [1.29, 1.82) is 0 Å². The number of benzene rings is 2. The van der Waals surface area contributed by atoms with Crippen molar-refractivity contribution < 1.29 is 4.79 Å². The lowest BCUT2D eigenvalue weighted by atomic mass is 9.80. The van der Waals surface area contributed by atoms with E-state index in [1.807, 2.05) is 6.07 Å². The van der Waals surface area contributed by atoms with Crippen LogP contribution in [-0.2, 0) is 0 Å². The first-order valence-corrected chi connectivity index (χ1v) is 9.61. The number of carbonyl (C=O) groups is 1. The molecule has 0 saturated carbocycles. The Morgan fingerprint density at radius 2 is 2.04 bits per heavy atom. The van der Waals surface area contributed by atoms with E-state index in [0.717, 1.165) is 17.7 Å². The maximum Gasteiger partial charge on any atom is 0.271 e. The Kier molecular flexibility index (Phi) is 5.50. The molecule has 1 aliphatic rings. The fraction of sp³-hybridized carbons (Fsp3) is 0.333. The summed E-state index contributed by atoms with van der Waals surface area (Å²) in [6.45, 7) is 6.70. The number of anilines is 1. The van der Waals surface area contributed by atoms with Gasteiger partial charge in [-0.1, -0.05) is 36.2 Å². The van der Waals surface area contributed by atoms with Crippen molar-refractivity contribution in [2.24, 2.45) is 5.10 Å². The second-order valence-corrected chi connectivity index (χ2v) is 8.46. The second-order valence-electron chi connectivity index (χ2n) is 7.62. The van der Waals surface area contributed by atoms with Gasteiger partial charge < -0.3 is 4.90 Å². The number of fused-ring (bicyclic) bond motifs is 1. The largest absolute Gasteiger partial charge is 0.369 e. The molecule has 0 radical (unpaired) electrons. The predicted molar refractivity (Wildman–Crippen MR) is 113 cm³/mol. The first-order chi connectivity index (χ1) is 12.7. The van der Waals surface area contributed by atoms with Gasteiger partial charge in [-0.05, 0) is 62.1 Å². The maximum atomic E-state index is 12.1. The molecule has 0 fully saturated rings. The molecule has 0 spiro atoms. The second kappa shape index (κ2) is 7.53. The lowest BCUT2D eigenvalue weighted by Crippen LogP contribution is -2.45. The molecule has 2 aromatic carbocycles. The molecule has 142 valence electrons. The maximum absolute atomic E-state index is 12.1. The highest BCUT2D eigenvalue weighted by atomic mass is 35.5. The van der Waals surface area contributed by atoms with Crippen LogP contribution < -0.4 is 10.3 Å². The van der Waals surface area contributed by atoms with Gasteiger partial charge in [0, 0.05) is 34.4 Å². The molecule has 1 N–H and O–H groups in total. The lowest BCUT2D eigenvalue weighted by molar-refractivity contribution is 0.0955. The van der Waals surface area contributed by atoms with Gasteiger partial charge >= 0.3 is 0 Å². The smallest absolute Gasteiger partial charge is 0.271 e. The minimum atomic E-state index is -0.322. The zero-order valence-electron chi connectivity index (χ0n) is 15.9. The van der Waals surface area contributed by atoms with Gasteiger partial charge in [0.05, 0.1) is 11.2 Å². The topological polar surface area (TPSA) is 44.7 Å². The monoisotopic (exact) mass is 403 g/mol. The van der Waals surface area contributed by atoms with Crippen molar-refractivity contribution in [3.05, 3.63) is 63.1 Å². The van der Waals surface area contributed by atoms with E-state index >= 15 is 0 Å². The number of hydrogen-bond acceptors (Lipinski definition) is 3. The third kappa shape index (κ3) is 4.12. The highest BCUT2D eigenvalue weighted by Crippen LogP contribution is 2.44. The van der Waals surface area contributed by atoms with Crippen molar-refractivity contribution in [3.8, 4) is 0 Å². The highest BCUT2D eigenvalue weighted by molar-refractivity contribution is 6.33. The number of rotatable bonds is 3. The number of amides is 1. The Morgan fingerprint density at radius 1 is 1.30 bits per heavy atom. The van der Waals surface area contributed by atoms with Gasteiger partial charge in [-0.3, -0.25) is 4.79 Å². The van der Waals surface area contributed by atoms with Crippen LogP contribution in [0.1, 0.15) is 54.6 Å². The van der Waals surface area contributed by atoms with Gasteiger partial charge in [-0.2, -0.15) is 5.10 Å². The number of hydrogen-bond donors (Lipinski definition) is 1. The summed E-state index contributed by atoms with van der Waals surface area (Å²) in [5, 5.41) is 5.17. The summed E-state index contributed by atoms with van der Waals surface area (Å²) in [6.07, 6.45) is 2.64. The van der Waals surface area contributed by atoms with Crippen molar-refractivity contribution in [1.82, 2.24) is 5.43 Å². The van der Waals surface area contributed by atoms with Gasteiger partial charge in [0.2, 0.25) is 0 Å². The number of nitrogens with one attached hydrogen (secondary N) is 1. The Hall–Kier alpha value is -2.04. The van der Waals surface area contributed by atoms with E-state index in [-0.39, 0.29) is 11.4 Å². The number of nitrogens with zero attached hydrogens (tertiary/aromatic N) is 2. The zero-order valence-corrected chi connectivity index (χ0v) is 17.4. The molecule has 1 heterocycles. The fourth-order valence-corrected chi connectivity index (χ4v) is 3.96. The Balaban J connectivity index is 1.81. The molecular formula is C21H23Cl2N3O. The molecule has 1 atom stereocenters. The molecule has 6 heteroatoms. The third-order valence-corrected chi connectivity index (χ3v) is 5.77. The summed E-state index contributed by atoms with van der Waals surface area (Å²) >= 11 is 12.4. The number of halogens is 2. The van der Waals surface area contributed by atoms with Gasteiger partial charge in [-0.15, -0.1) is 0 Å². The van der Waals surface area contributed by atoms with Gasteiger partial charge in [0.25, 0.3) is 5.91 Å². The summed E-state index contributed by atoms with van der Waals surface area (Å²) in [6, 6.07) is 10.8. The molecule has 1 aliphatic heterocycles. The van der Waals surface area contributed by atoms with E-state index in [0.29, 0.717) is 21.5 Å². The highest BCUT2D eigenvalue weighted by Gasteiger charge is 2.34. The first kappa shape index (κ1) is 19.7. The van der Waals surface area contributed by atoms with Gasteiger partial charge in [0.1, 0.15) is 0 Å². The number of hydrazone groups is 1. The molecule has 4 nitrogen and oxygen atoms in total. The average molecular weight is 404 g/mol. The predicted octanol–water partition coefficient (Wildman–Crippen LogP) is 5.48. The van der Waals surface area contributed by atoms with Crippen molar-refractivity contribution in [2.75, 3.05) is 11.9 Å². The van der Waals surface area contributed by atoms with Crippen LogP contribution in [0.25, 0.3) is 0 Å². The quantitative estimate of drug-likeness (QED) is 0.544. The molecule has 0 aromatic heterocycles. The van der Waals surface area contributed by atoms with E-state index in [1.54, 1.807) is 30.5 Å². The third-order valence-electron chi connectivity index (χ3n) is 5.21. The molecule has 0 bridgehead atoms. The SMILES string of the molecule is CC1CC(C)(C)N(C)c2cc(Cl)c(/C=N/NC(=O)c3cccc(Cl)c3)cc21. The molecule has 0 saturated heterocycles. The Bertz CT molecular complexity index is 908. The van der Waals surface area contributed by atoms with Gasteiger partial charge in [-0.25, -0.2) is 5.43 Å². The van der Waals surface area contributed by atoms with Crippen LogP contribution in [0, 0.1) is 0 Å². The van der Waals surface area contributed by atoms with Crippen LogP contribution in [0.2, 0.25) is 10.0 Å². The van der Waals surface area contributed by atoms with E-state index in [2.05, 4.69) is 49.3 Å². The van der Waals surface area contributed by atoms with Crippen LogP contribution in [-0.4, -0.2) is 24.7 Å². The van der Waals surface area contributed by atoms with E-state index < -0.39 is 0 Å². The minimum absolute atomic E-state index is 0.0796. The Labute approximate surface area is 170 Å². The van der Waals surface area contributed by atoms with Crippen LogP contribution >= 0.6 is 23.2 Å². The number of carbonyl (C=O) groups excluding carboxylic acids is 1. The van der Waals surface area contributed by atoms with Crippen molar-refractivity contribution in [2.45, 2.75) is 38.6 Å². The van der Waals surface area contributed by atoms with E-state index in [4.69, 9.17) is 23.2 Å². The molecule has 0 aliphatic carbocycles. The van der Waals surface area contributed by atoms with Crippen LogP contribution in [0.4, 0.5) is 5.69 Å². The van der Waals surface area contributed by atoms with E-state index in [9.17, 15) is 4.79 Å². The van der Waals surface area contributed by atoms with Crippen molar-refractivity contribution >= 4 is 41.0 Å². The summed E-state index contributed by atoms with van der Waals surface area (Å²) < 4.78 is 0. The molecule has 27 heavy (non-hydrogen) atoms. The van der Waals surface area contributed by atoms with Crippen LogP contribution in [0.15, 0.2) is 41.5 Å². The van der Waals surface area contributed by atoms with Crippen molar-refractivity contribution in [3.63, 3.8) is 0 Å². The molecule has 1 amide bonds. The van der Waals surface area contributed by atoms with Gasteiger partial charge in [0.15, 0.2) is 0 Å². The zero-order chi connectivity index (χ0) is 19.8. The van der Waals surface area contributed by atoms with Crippen LogP contribution in [0.5, 0.6) is 0 Å². The Morgan fingerprint density at radius 3 is 2.74 bits per heavy atom. The summed E-state index contributed by atoms with van der Waals surface area (Å²) in [4.78, 5) is 14.4. The average Bonchev–Trinajstić information content (AvgIpc) is 2.60. The minimum Gasteiger partial charge on any atom is -0.369 e. The summed E-state index contributed by atoms with van der Waals surface area (Å²) in [5.74, 6) is 0.0920. The molecule has 1 unspecified atom stereocenters. The van der Waals surface area contributed by atoms with Crippen LogP contribution in [0.3, 0.4) is 0 Å². The summed E-state index contributed by atoms with van der Waals surface area (Å²) in [7, 11) is 2.10. The first-order valence-electron chi connectivity index (χ1n) is 8.85. The summed E-state index contributed by atoms with van der Waals surface area (Å²) in [5.41, 5.74) is 6.21. The molecule has 2 aromatic rings. The fourth-order valence-electron chi connectivity index (χ4n) is 3.56. The molecular weight excluding hydrogens is 381 g/mol.